The van der Waals surface area contributed by atoms with E-state index in [4.69, 9.17) is 50.8 Å². The summed E-state index contributed by atoms with van der Waals surface area (Å²) in [6.45, 7) is -9.14. The fraction of sp³-hybridized carbons (Fsp3) is 0.455. The van der Waals surface area contributed by atoms with Crippen LogP contribution in [0, 0.1) is 0 Å². The predicted molar refractivity (Wildman–Crippen MR) is 159 cm³/mol. The number of halogens is 1. The number of pyridine rings is 1. The number of imidazole rings is 1. The molecule has 0 aromatic carbocycles. The number of hydrogen-bond donors (Lipinski definition) is 5. The maximum atomic E-state index is 16.0. The second kappa shape index (κ2) is 11.1. The first-order valence-electron chi connectivity index (χ1n) is 13.1. The lowest BCUT2D eigenvalue weighted by atomic mass is 10.1. The van der Waals surface area contributed by atoms with E-state index in [9.17, 15) is 14.3 Å². The van der Waals surface area contributed by atoms with Crippen LogP contribution in [0.2, 0.25) is 0 Å². The Balaban J connectivity index is 1.19. The van der Waals surface area contributed by atoms with Gasteiger partial charge in [-0.3, -0.25) is 27.9 Å². The molecule has 22 heteroatoms. The SMILES string of the molecule is Nc1nc2c(ncn2[C@@H]2O[C@@H]3COP(O)(=S)O[C@H]4[C@H](F)[C@H](n5ccc6c(N)ccnc65)O[C@@H]4COP(=O)(S)O[C@@H]2C3)c(=O)[nH]1. The molecule has 0 saturated carbocycles. The third kappa shape index (κ3) is 5.47. The molecular formula is C22H25FN8O9P2S2. The molecule has 0 aliphatic carbocycles. The number of alkyl halides is 1. The Labute approximate surface area is 256 Å². The molecule has 7 heterocycles. The Morgan fingerprint density at radius 1 is 1.09 bits per heavy atom. The number of anilines is 2. The van der Waals surface area contributed by atoms with Crippen molar-refractivity contribution in [1.82, 2.24) is 29.1 Å². The molecule has 6 N–H and O–H groups in total. The van der Waals surface area contributed by atoms with E-state index < -0.39 is 68.7 Å². The number of H-pyrrole nitrogens is 1. The molecule has 4 aromatic rings. The molecule has 0 amide bonds. The van der Waals surface area contributed by atoms with Gasteiger partial charge in [-0.2, -0.15) is 4.98 Å². The number of nitrogens with one attached hydrogen (secondary N) is 1. The molecule has 0 spiro atoms. The highest BCUT2D eigenvalue weighted by Crippen LogP contribution is 2.58. The van der Waals surface area contributed by atoms with Gasteiger partial charge in [0.05, 0.1) is 25.6 Å². The van der Waals surface area contributed by atoms with Crippen molar-refractivity contribution in [3.63, 3.8) is 0 Å². The summed E-state index contributed by atoms with van der Waals surface area (Å²) in [5.41, 5.74) is 12.0. The van der Waals surface area contributed by atoms with E-state index in [1.165, 1.54) is 21.7 Å². The standard InChI is InChI=1S/C22H25FN8O9P2S2/c23-14-16-13(38-21(14)30-4-2-10-11(24)1-3-26-17(10)30)7-36-41(33,43)39-12-5-9(6-35-42(34,44)40-16)37-20(12)31-8-27-15-18(31)28-22(25)29-19(15)32/h1-4,8-9,12-14,16,20-21H,5-7H2,(H2,24,26)(H,33,43)(H,34,44)(H3,25,28,29,32)/t9-,12+,13+,14-,16+,20+,21+,41?,42?/m0/s1. The third-order valence-corrected chi connectivity index (χ3v) is 10.6. The molecule has 7 rings (SSSR count). The topological polar surface area (TPSA) is 226 Å². The zero-order chi connectivity index (χ0) is 31.0. The lowest BCUT2D eigenvalue weighted by Crippen LogP contribution is -2.34. The van der Waals surface area contributed by atoms with Gasteiger partial charge in [-0.15, -0.1) is 0 Å². The summed E-state index contributed by atoms with van der Waals surface area (Å²) in [4.78, 5) is 38.1. The number of nitrogens with zero attached hydrogens (tertiary/aromatic N) is 5. The predicted octanol–water partition coefficient (Wildman–Crippen LogP) is 1.93. The number of aromatic nitrogens is 6. The second-order valence-electron chi connectivity index (χ2n) is 10.3. The quantitative estimate of drug-likeness (QED) is 0.150. The van der Waals surface area contributed by atoms with Crippen LogP contribution >= 0.6 is 25.8 Å². The Hall–Kier alpha value is -2.48. The van der Waals surface area contributed by atoms with Crippen molar-refractivity contribution in [1.29, 1.82) is 0 Å². The second-order valence-corrected chi connectivity index (χ2v) is 15.9. The number of nitrogen functional groups attached to an aromatic ring is 2. The monoisotopic (exact) mass is 690 g/mol. The van der Waals surface area contributed by atoms with Gasteiger partial charge < -0.3 is 34.9 Å². The van der Waals surface area contributed by atoms with Crippen molar-refractivity contribution in [2.24, 2.45) is 0 Å². The lowest BCUT2D eigenvalue weighted by Gasteiger charge is -2.27. The number of rotatable bonds is 2. The Bertz CT molecular complexity index is 1910. The summed E-state index contributed by atoms with van der Waals surface area (Å²) < 4.78 is 66.9. The van der Waals surface area contributed by atoms with Gasteiger partial charge in [0, 0.05) is 29.9 Å². The van der Waals surface area contributed by atoms with Crippen molar-refractivity contribution in [3.05, 3.63) is 41.2 Å². The van der Waals surface area contributed by atoms with E-state index in [-0.39, 0.29) is 30.1 Å². The lowest BCUT2D eigenvalue weighted by molar-refractivity contribution is -0.0574. The number of fused-ring (bicyclic) bond motifs is 5. The molecule has 44 heavy (non-hydrogen) atoms. The van der Waals surface area contributed by atoms with Crippen LogP contribution in [-0.2, 0) is 43.9 Å². The van der Waals surface area contributed by atoms with E-state index in [0.717, 1.165) is 0 Å². The number of thiol groups is 1. The first-order chi connectivity index (χ1) is 20.9. The summed E-state index contributed by atoms with van der Waals surface area (Å²) in [7, 11) is 0. The molecule has 2 bridgehead atoms. The molecule has 3 fully saturated rings. The molecule has 3 aliphatic rings. The minimum absolute atomic E-state index is 0.0201. The van der Waals surface area contributed by atoms with Crippen LogP contribution in [0.1, 0.15) is 18.9 Å². The van der Waals surface area contributed by atoms with Gasteiger partial charge in [0.15, 0.2) is 29.8 Å². The number of ether oxygens (including phenoxy) is 2. The van der Waals surface area contributed by atoms with E-state index in [2.05, 4.69) is 32.2 Å². The van der Waals surface area contributed by atoms with Crippen molar-refractivity contribution in [3.8, 4) is 0 Å². The molecule has 2 unspecified atom stereocenters. The molecule has 3 saturated heterocycles. The van der Waals surface area contributed by atoms with Crippen molar-refractivity contribution >= 4 is 71.4 Å². The highest BCUT2D eigenvalue weighted by Gasteiger charge is 2.51. The zero-order valence-corrected chi connectivity index (χ0v) is 25.8. The van der Waals surface area contributed by atoms with Crippen molar-refractivity contribution in [2.45, 2.75) is 49.5 Å². The maximum Gasteiger partial charge on any atom is 0.386 e. The Morgan fingerprint density at radius 2 is 1.91 bits per heavy atom. The summed E-state index contributed by atoms with van der Waals surface area (Å²) >= 11 is 9.36. The van der Waals surface area contributed by atoms with E-state index in [1.807, 2.05) is 0 Å². The summed E-state index contributed by atoms with van der Waals surface area (Å²) in [6, 6.07) is 3.26. The fourth-order valence-electron chi connectivity index (χ4n) is 5.48. The van der Waals surface area contributed by atoms with Crippen LogP contribution in [0.4, 0.5) is 16.0 Å². The van der Waals surface area contributed by atoms with Crippen LogP contribution in [0.5, 0.6) is 0 Å². The summed E-state index contributed by atoms with van der Waals surface area (Å²) in [5.74, 6) is -0.161. The van der Waals surface area contributed by atoms with Gasteiger partial charge in [-0.05, 0) is 23.9 Å². The molecule has 0 radical (unpaired) electrons. The van der Waals surface area contributed by atoms with Crippen LogP contribution in [-0.4, -0.2) is 77.8 Å². The van der Waals surface area contributed by atoms with Gasteiger partial charge in [-0.1, -0.05) is 12.2 Å². The molecule has 236 valence electrons. The maximum absolute atomic E-state index is 16.0. The van der Waals surface area contributed by atoms with E-state index >= 15 is 4.39 Å². The highest BCUT2D eigenvalue weighted by molar-refractivity contribution is 8.44. The first kappa shape index (κ1) is 30.2. The average Bonchev–Trinajstić information content (AvgIpc) is 3.72. The van der Waals surface area contributed by atoms with Crippen molar-refractivity contribution < 1.29 is 41.4 Å². The molecule has 4 aromatic heterocycles. The highest BCUT2D eigenvalue weighted by atomic mass is 32.7. The van der Waals surface area contributed by atoms with Crippen LogP contribution in [0.25, 0.3) is 22.2 Å². The number of aromatic amines is 1. The van der Waals surface area contributed by atoms with Crippen LogP contribution < -0.4 is 17.0 Å². The summed E-state index contributed by atoms with van der Waals surface area (Å²) in [5, 5.41) is 0.574. The van der Waals surface area contributed by atoms with Gasteiger partial charge in [0.1, 0.15) is 24.0 Å². The average molecular weight is 691 g/mol. The van der Waals surface area contributed by atoms with E-state index in [1.54, 1.807) is 18.3 Å². The van der Waals surface area contributed by atoms with Crippen LogP contribution in [0.3, 0.4) is 0 Å². The minimum atomic E-state index is -4.19. The van der Waals surface area contributed by atoms with Gasteiger partial charge >= 0.3 is 13.5 Å². The fourth-order valence-corrected chi connectivity index (χ4v) is 8.43. The van der Waals surface area contributed by atoms with Gasteiger partial charge in [0.2, 0.25) is 5.95 Å². The largest absolute Gasteiger partial charge is 0.398 e. The molecular weight excluding hydrogens is 665 g/mol. The van der Waals surface area contributed by atoms with Gasteiger partial charge in [0.25, 0.3) is 5.56 Å². The van der Waals surface area contributed by atoms with Crippen molar-refractivity contribution in [2.75, 3.05) is 24.7 Å². The zero-order valence-electron chi connectivity index (χ0n) is 22.3. The first-order valence-corrected chi connectivity index (χ1v) is 18.4. The Morgan fingerprint density at radius 3 is 2.73 bits per heavy atom. The minimum Gasteiger partial charge on any atom is -0.398 e. The number of nitrogens with two attached hydrogens (primary N) is 2. The summed E-state index contributed by atoms with van der Waals surface area (Å²) in [6.07, 6.45) is -4.44. The molecule has 17 nitrogen and oxygen atoms in total. The number of hydrogen-bond acceptors (Lipinski definition) is 14. The normalized spacial score (nSPS) is 36.6. The van der Waals surface area contributed by atoms with E-state index in [0.29, 0.717) is 16.7 Å². The van der Waals surface area contributed by atoms with Gasteiger partial charge in [-0.25, -0.2) is 18.9 Å². The molecule has 3 aliphatic heterocycles. The van der Waals surface area contributed by atoms with Crippen LogP contribution in [0.15, 0.2) is 35.6 Å². The molecule has 9 atom stereocenters. The third-order valence-electron chi connectivity index (χ3n) is 7.41. The smallest absolute Gasteiger partial charge is 0.386 e. The Kier molecular flexibility index (Phi) is 7.61.